The number of carbonyl (C=O) groups excluding carboxylic acids is 1. The molecular formula is C16H23N3O4. The number of methoxy groups -OCH3 is 1. The van der Waals surface area contributed by atoms with Gasteiger partial charge in [-0.1, -0.05) is 13.8 Å². The molecular weight excluding hydrogens is 298 g/mol. The molecule has 1 fully saturated rings. The molecule has 1 saturated heterocycles. The van der Waals surface area contributed by atoms with Gasteiger partial charge < -0.3 is 9.64 Å². The Morgan fingerprint density at radius 1 is 1.43 bits per heavy atom. The molecule has 0 saturated carbocycles. The van der Waals surface area contributed by atoms with Gasteiger partial charge in [0.15, 0.2) is 0 Å². The molecule has 1 aromatic heterocycles. The van der Waals surface area contributed by atoms with Gasteiger partial charge in [-0.25, -0.2) is 9.78 Å². The number of hydrogen-bond donors (Lipinski definition) is 0. The van der Waals surface area contributed by atoms with E-state index in [1.54, 1.807) is 0 Å². The van der Waals surface area contributed by atoms with E-state index in [2.05, 4.69) is 23.6 Å². The zero-order valence-electron chi connectivity index (χ0n) is 13.8. The first-order valence-electron chi connectivity index (χ1n) is 7.91. The van der Waals surface area contributed by atoms with Crippen LogP contribution in [0.25, 0.3) is 0 Å². The van der Waals surface area contributed by atoms with Gasteiger partial charge in [-0.05, 0) is 31.1 Å². The van der Waals surface area contributed by atoms with Gasteiger partial charge in [0.05, 0.1) is 17.6 Å². The molecule has 7 heteroatoms. The molecule has 7 nitrogen and oxygen atoms in total. The smallest absolute Gasteiger partial charge is 0.339 e. The highest BCUT2D eigenvalue weighted by molar-refractivity contribution is 5.90. The summed E-state index contributed by atoms with van der Waals surface area (Å²) in [6.07, 6.45) is 4.46. The molecule has 126 valence electrons. The first-order valence-corrected chi connectivity index (χ1v) is 7.91. The second kappa shape index (κ2) is 7.39. The molecule has 1 atom stereocenters. The van der Waals surface area contributed by atoms with Gasteiger partial charge >= 0.3 is 11.7 Å². The van der Waals surface area contributed by atoms with Crippen LogP contribution in [0.3, 0.4) is 0 Å². The Balaban J connectivity index is 2.28. The van der Waals surface area contributed by atoms with Crippen LogP contribution in [0.5, 0.6) is 0 Å². The molecule has 2 heterocycles. The number of esters is 1. The van der Waals surface area contributed by atoms with E-state index in [0.717, 1.165) is 32.4 Å². The number of ether oxygens (including phenoxy) is 1. The summed E-state index contributed by atoms with van der Waals surface area (Å²) < 4.78 is 4.60. The molecule has 1 aromatic rings. The highest BCUT2D eigenvalue weighted by atomic mass is 16.6. The Kier molecular flexibility index (Phi) is 5.52. The maximum Gasteiger partial charge on any atom is 0.339 e. The third kappa shape index (κ3) is 3.97. The van der Waals surface area contributed by atoms with Crippen molar-refractivity contribution in [3.63, 3.8) is 0 Å². The first kappa shape index (κ1) is 17.2. The summed E-state index contributed by atoms with van der Waals surface area (Å²) in [6, 6.07) is 1.25. The van der Waals surface area contributed by atoms with Crippen molar-refractivity contribution in [3.05, 3.63) is 27.9 Å². The largest absolute Gasteiger partial charge is 0.465 e. The molecule has 0 aliphatic carbocycles. The van der Waals surface area contributed by atoms with Crippen LogP contribution < -0.4 is 4.90 Å². The van der Waals surface area contributed by atoms with Crippen molar-refractivity contribution in [1.29, 1.82) is 0 Å². The highest BCUT2D eigenvalue weighted by Crippen LogP contribution is 2.31. The van der Waals surface area contributed by atoms with Crippen molar-refractivity contribution >= 4 is 17.5 Å². The predicted molar refractivity (Wildman–Crippen MR) is 86.6 cm³/mol. The SMILES string of the molecule is COC(=O)c1cnc(N2CCCC(C(C)C)CC2)c([N+](=O)[O-])c1. The maximum absolute atomic E-state index is 11.6. The molecule has 1 unspecified atom stereocenters. The van der Waals surface area contributed by atoms with Crippen LogP contribution in [0.2, 0.25) is 0 Å². The summed E-state index contributed by atoms with van der Waals surface area (Å²) in [6.45, 7) is 5.92. The van der Waals surface area contributed by atoms with Crippen LogP contribution in [-0.2, 0) is 4.74 Å². The molecule has 23 heavy (non-hydrogen) atoms. The molecule has 0 N–H and O–H groups in total. The van der Waals surface area contributed by atoms with E-state index in [1.807, 2.05) is 4.90 Å². The topological polar surface area (TPSA) is 85.6 Å². The summed E-state index contributed by atoms with van der Waals surface area (Å²) in [5.41, 5.74) is -0.0475. The predicted octanol–water partition coefficient (Wildman–Crippen LogP) is 3.04. The van der Waals surface area contributed by atoms with Crippen molar-refractivity contribution in [3.8, 4) is 0 Å². The number of hydrogen-bond acceptors (Lipinski definition) is 6. The summed E-state index contributed by atoms with van der Waals surface area (Å²) in [5, 5.41) is 11.4. The molecule has 0 amide bonds. The number of carbonyl (C=O) groups is 1. The van der Waals surface area contributed by atoms with E-state index in [1.165, 1.54) is 19.4 Å². The number of pyridine rings is 1. The molecule has 1 aliphatic rings. The van der Waals surface area contributed by atoms with Crippen molar-refractivity contribution in [2.75, 3.05) is 25.1 Å². The summed E-state index contributed by atoms with van der Waals surface area (Å²) in [5.74, 6) is 0.961. The standard InChI is InChI=1S/C16H23N3O4/c1-11(2)12-5-4-7-18(8-6-12)15-14(19(21)22)9-13(10-17-15)16(20)23-3/h9-12H,4-8H2,1-3H3. The zero-order valence-corrected chi connectivity index (χ0v) is 13.8. The second-order valence-electron chi connectivity index (χ2n) is 6.24. The lowest BCUT2D eigenvalue weighted by atomic mass is 9.89. The van der Waals surface area contributed by atoms with Crippen LogP contribution >= 0.6 is 0 Å². The molecule has 0 radical (unpaired) electrons. The fourth-order valence-corrected chi connectivity index (χ4v) is 3.05. The Hall–Kier alpha value is -2.18. The minimum Gasteiger partial charge on any atom is -0.465 e. The van der Waals surface area contributed by atoms with Crippen LogP contribution in [0.15, 0.2) is 12.3 Å². The lowest BCUT2D eigenvalue weighted by Gasteiger charge is -2.22. The van der Waals surface area contributed by atoms with E-state index < -0.39 is 10.9 Å². The van der Waals surface area contributed by atoms with E-state index in [0.29, 0.717) is 17.7 Å². The average molecular weight is 321 g/mol. The number of nitro groups is 1. The third-order valence-corrected chi connectivity index (χ3v) is 4.48. The van der Waals surface area contributed by atoms with E-state index in [4.69, 9.17) is 0 Å². The summed E-state index contributed by atoms with van der Waals surface area (Å²) in [4.78, 5) is 28.6. The van der Waals surface area contributed by atoms with Gasteiger partial charge in [0.25, 0.3) is 0 Å². The van der Waals surface area contributed by atoms with Gasteiger partial charge in [-0.2, -0.15) is 0 Å². The minimum absolute atomic E-state index is 0.0952. The van der Waals surface area contributed by atoms with Gasteiger partial charge in [0.2, 0.25) is 5.82 Å². The average Bonchev–Trinajstić information content (AvgIpc) is 2.79. The highest BCUT2D eigenvalue weighted by Gasteiger charge is 2.27. The normalized spacial score (nSPS) is 18.6. The zero-order chi connectivity index (χ0) is 17.0. The number of nitrogens with zero attached hydrogens (tertiary/aromatic N) is 3. The van der Waals surface area contributed by atoms with E-state index in [9.17, 15) is 14.9 Å². The Morgan fingerprint density at radius 2 is 2.17 bits per heavy atom. The van der Waals surface area contributed by atoms with Crippen molar-refractivity contribution in [1.82, 2.24) is 4.98 Å². The lowest BCUT2D eigenvalue weighted by Crippen LogP contribution is -2.26. The molecule has 1 aliphatic heterocycles. The minimum atomic E-state index is -0.622. The fourth-order valence-electron chi connectivity index (χ4n) is 3.05. The van der Waals surface area contributed by atoms with Crippen molar-refractivity contribution in [2.24, 2.45) is 11.8 Å². The van der Waals surface area contributed by atoms with Gasteiger partial charge in [0, 0.05) is 25.4 Å². The van der Waals surface area contributed by atoms with Crippen molar-refractivity contribution < 1.29 is 14.5 Å². The van der Waals surface area contributed by atoms with Crippen LogP contribution in [0.1, 0.15) is 43.5 Å². The van der Waals surface area contributed by atoms with Gasteiger partial charge in [-0.3, -0.25) is 10.1 Å². The van der Waals surface area contributed by atoms with Gasteiger partial charge in [0.1, 0.15) is 0 Å². The Labute approximate surface area is 135 Å². The lowest BCUT2D eigenvalue weighted by molar-refractivity contribution is -0.384. The molecule has 0 aromatic carbocycles. The third-order valence-electron chi connectivity index (χ3n) is 4.48. The first-order chi connectivity index (χ1) is 10.9. The number of anilines is 1. The Bertz CT molecular complexity index is 589. The van der Waals surface area contributed by atoms with Crippen molar-refractivity contribution in [2.45, 2.75) is 33.1 Å². The Morgan fingerprint density at radius 3 is 2.78 bits per heavy atom. The quantitative estimate of drug-likeness (QED) is 0.481. The monoisotopic (exact) mass is 321 g/mol. The number of aromatic nitrogens is 1. The maximum atomic E-state index is 11.6. The summed E-state index contributed by atoms with van der Waals surface area (Å²) >= 11 is 0. The molecule has 2 rings (SSSR count). The van der Waals surface area contributed by atoms with Crippen LogP contribution in [0, 0.1) is 22.0 Å². The summed E-state index contributed by atoms with van der Waals surface area (Å²) in [7, 11) is 1.24. The molecule has 0 bridgehead atoms. The number of rotatable bonds is 4. The van der Waals surface area contributed by atoms with Gasteiger partial charge in [-0.15, -0.1) is 0 Å². The van der Waals surface area contributed by atoms with E-state index >= 15 is 0 Å². The van der Waals surface area contributed by atoms with Crippen LogP contribution in [-0.4, -0.2) is 36.1 Å². The fraction of sp³-hybridized carbons (Fsp3) is 0.625. The molecule has 0 spiro atoms. The van der Waals surface area contributed by atoms with E-state index in [-0.39, 0.29) is 11.3 Å². The van der Waals surface area contributed by atoms with Crippen LogP contribution in [0.4, 0.5) is 11.5 Å². The second-order valence-corrected chi connectivity index (χ2v) is 6.24.